The minimum Gasteiger partial charge on any atom is -0.366 e. The van der Waals surface area contributed by atoms with Crippen LogP contribution in [0.3, 0.4) is 0 Å². The molecule has 1 saturated heterocycles. The summed E-state index contributed by atoms with van der Waals surface area (Å²) < 4.78 is 25.7. The highest BCUT2D eigenvalue weighted by atomic mass is 32.2. The number of H-pyrrole nitrogens is 1. The molecule has 1 N–H and O–H groups in total. The molecule has 7 nitrogen and oxygen atoms in total. The van der Waals surface area contributed by atoms with Crippen LogP contribution in [0.15, 0.2) is 35.4 Å². The van der Waals surface area contributed by atoms with Crippen molar-refractivity contribution in [3.05, 3.63) is 52.1 Å². The lowest BCUT2D eigenvalue weighted by Crippen LogP contribution is -2.41. The maximum atomic E-state index is 12.8. The number of sulfone groups is 1. The zero-order valence-corrected chi connectivity index (χ0v) is 21.3. The molecule has 0 atom stereocenters. The zero-order valence-electron chi connectivity index (χ0n) is 20.5. The molecule has 182 valence electrons. The van der Waals surface area contributed by atoms with Gasteiger partial charge >= 0.3 is 0 Å². The van der Waals surface area contributed by atoms with E-state index in [1.807, 2.05) is 24.5 Å². The average Bonchev–Trinajstić information content (AvgIpc) is 3.36. The predicted octanol–water partition coefficient (Wildman–Crippen LogP) is 3.52. The highest BCUT2D eigenvalue weighted by Gasteiger charge is 2.30. The number of aromatic nitrogens is 2. The molecular weight excluding hydrogens is 448 g/mol. The molecule has 0 spiro atoms. The van der Waals surface area contributed by atoms with E-state index in [0.717, 1.165) is 46.4 Å². The first-order chi connectivity index (χ1) is 16.0. The fourth-order valence-electron chi connectivity index (χ4n) is 5.77. The van der Waals surface area contributed by atoms with Gasteiger partial charge in [-0.15, -0.1) is 0 Å². The largest absolute Gasteiger partial charge is 0.366 e. The van der Waals surface area contributed by atoms with Crippen molar-refractivity contribution in [2.45, 2.75) is 39.0 Å². The Morgan fingerprint density at radius 1 is 1.09 bits per heavy atom. The van der Waals surface area contributed by atoms with E-state index in [4.69, 9.17) is 0 Å². The van der Waals surface area contributed by atoms with Crippen LogP contribution in [0.5, 0.6) is 0 Å². The quantitative estimate of drug-likeness (QED) is 0.582. The van der Waals surface area contributed by atoms with Gasteiger partial charge in [0.2, 0.25) is 0 Å². The minimum absolute atomic E-state index is 0.00433. The first-order valence-corrected chi connectivity index (χ1v) is 14.0. The van der Waals surface area contributed by atoms with Gasteiger partial charge < -0.3 is 19.4 Å². The SMILES string of the molecule is Cn1cc2c3c(c[nH]c3c1=O)CN(CC(C)(C)CN1CCCC1)c1ccc(CS(C)(=O)=O)cc1-2. The Morgan fingerprint density at radius 2 is 1.82 bits per heavy atom. The van der Waals surface area contributed by atoms with Crippen molar-refractivity contribution in [2.24, 2.45) is 12.5 Å². The van der Waals surface area contributed by atoms with E-state index in [9.17, 15) is 13.2 Å². The average molecular weight is 483 g/mol. The number of nitrogens with zero attached hydrogens (tertiary/aromatic N) is 3. The molecule has 1 aromatic carbocycles. The van der Waals surface area contributed by atoms with Crippen LogP contribution in [0.2, 0.25) is 0 Å². The van der Waals surface area contributed by atoms with Gasteiger partial charge in [-0.3, -0.25) is 4.79 Å². The summed E-state index contributed by atoms with van der Waals surface area (Å²) in [6, 6.07) is 5.99. The summed E-state index contributed by atoms with van der Waals surface area (Å²) in [5.41, 5.74) is 5.51. The van der Waals surface area contributed by atoms with Crippen LogP contribution in [0.25, 0.3) is 22.0 Å². The summed E-state index contributed by atoms with van der Waals surface area (Å²) in [6.07, 6.45) is 7.66. The topological polar surface area (TPSA) is 78.4 Å². The van der Waals surface area contributed by atoms with Gasteiger partial charge in [0, 0.05) is 67.5 Å². The Labute approximate surface area is 201 Å². The van der Waals surface area contributed by atoms with Crippen molar-refractivity contribution in [1.82, 2.24) is 14.5 Å². The van der Waals surface area contributed by atoms with Crippen LogP contribution < -0.4 is 10.5 Å². The van der Waals surface area contributed by atoms with E-state index in [0.29, 0.717) is 12.1 Å². The van der Waals surface area contributed by atoms with Crippen molar-refractivity contribution in [2.75, 3.05) is 37.3 Å². The van der Waals surface area contributed by atoms with Crippen LogP contribution in [-0.4, -0.2) is 55.3 Å². The molecule has 5 rings (SSSR count). The second kappa shape index (κ2) is 8.27. The number of pyridine rings is 1. The van der Waals surface area contributed by atoms with Crippen molar-refractivity contribution in [3.63, 3.8) is 0 Å². The molecule has 34 heavy (non-hydrogen) atoms. The lowest BCUT2D eigenvalue weighted by Gasteiger charge is -2.37. The third-order valence-corrected chi connectivity index (χ3v) is 7.90. The molecule has 0 unspecified atom stereocenters. The Bertz CT molecular complexity index is 1410. The summed E-state index contributed by atoms with van der Waals surface area (Å²) in [4.78, 5) is 21.0. The van der Waals surface area contributed by atoms with Gasteiger partial charge in [0.05, 0.1) is 5.75 Å². The molecule has 0 bridgehead atoms. The second-order valence-electron chi connectivity index (χ2n) is 10.9. The van der Waals surface area contributed by atoms with Gasteiger partial charge in [0.25, 0.3) is 5.56 Å². The first-order valence-electron chi connectivity index (χ1n) is 12.0. The summed E-state index contributed by atoms with van der Waals surface area (Å²) in [5.74, 6) is -0.00433. The highest BCUT2D eigenvalue weighted by molar-refractivity contribution is 7.89. The number of aryl methyl sites for hydroxylation is 1. The van der Waals surface area contributed by atoms with Crippen molar-refractivity contribution in [1.29, 1.82) is 0 Å². The standard InChI is InChI=1S/C26H34N4O3S/c1-26(2,16-29-9-5-6-10-29)17-30-13-19-12-27-24-23(19)21(14-28(3)25(24)31)20-11-18(7-8-22(20)30)15-34(4,32)33/h7-8,11-12,14,27H,5-6,9-10,13,15-17H2,1-4H3. The van der Waals surface area contributed by atoms with Gasteiger partial charge in [0.15, 0.2) is 9.84 Å². The number of likely N-dealkylation sites (tertiary alicyclic amines) is 1. The molecule has 3 aromatic rings. The van der Waals surface area contributed by atoms with Crippen LogP contribution >= 0.6 is 0 Å². The molecule has 8 heteroatoms. The van der Waals surface area contributed by atoms with Gasteiger partial charge in [0.1, 0.15) is 5.52 Å². The van der Waals surface area contributed by atoms with Gasteiger partial charge in [-0.2, -0.15) is 0 Å². The third kappa shape index (κ3) is 4.41. The Hall–Kier alpha value is -2.58. The van der Waals surface area contributed by atoms with E-state index in [1.165, 1.54) is 32.2 Å². The number of hydrogen-bond acceptors (Lipinski definition) is 5. The number of aromatic amines is 1. The highest BCUT2D eigenvalue weighted by Crippen LogP contribution is 2.42. The molecule has 0 amide bonds. The van der Waals surface area contributed by atoms with E-state index < -0.39 is 9.84 Å². The predicted molar refractivity (Wildman–Crippen MR) is 138 cm³/mol. The molecule has 0 radical (unpaired) electrons. The number of anilines is 1. The fourth-order valence-corrected chi connectivity index (χ4v) is 6.56. The summed E-state index contributed by atoms with van der Waals surface area (Å²) in [7, 11) is -1.40. The Morgan fingerprint density at radius 3 is 2.53 bits per heavy atom. The molecule has 2 aromatic heterocycles. The number of hydrogen-bond donors (Lipinski definition) is 1. The molecule has 0 saturated carbocycles. The lowest BCUT2D eigenvalue weighted by atomic mass is 9.91. The first kappa shape index (κ1) is 23.2. The smallest absolute Gasteiger partial charge is 0.274 e. The molecule has 4 heterocycles. The van der Waals surface area contributed by atoms with E-state index in [-0.39, 0.29) is 16.7 Å². The molecular formula is C26H34N4O3S. The Balaban J connectivity index is 1.64. The summed E-state index contributed by atoms with van der Waals surface area (Å²) in [6.45, 7) is 9.58. The van der Waals surface area contributed by atoms with E-state index >= 15 is 0 Å². The van der Waals surface area contributed by atoms with Crippen LogP contribution in [0.4, 0.5) is 5.69 Å². The van der Waals surface area contributed by atoms with E-state index in [2.05, 4.69) is 34.7 Å². The summed E-state index contributed by atoms with van der Waals surface area (Å²) >= 11 is 0. The van der Waals surface area contributed by atoms with Crippen LogP contribution in [0.1, 0.15) is 37.8 Å². The maximum Gasteiger partial charge on any atom is 0.274 e. The van der Waals surface area contributed by atoms with Crippen molar-refractivity contribution >= 4 is 26.4 Å². The number of nitrogens with one attached hydrogen (secondary N) is 1. The number of fused-ring (bicyclic) bond motifs is 2. The van der Waals surface area contributed by atoms with E-state index in [1.54, 1.807) is 11.6 Å². The van der Waals surface area contributed by atoms with Gasteiger partial charge in [-0.25, -0.2) is 8.42 Å². The zero-order chi connectivity index (χ0) is 24.3. The number of rotatable bonds is 6. The minimum atomic E-state index is -3.17. The third-order valence-electron chi connectivity index (χ3n) is 7.04. The van der Waals surface area contributed by atoms with Crippen molar-refractivity contribution in [3.8, 4) is 11.1 Å². The lowest BCUT2D eigenvalue weighted by molar-refractivity contribution is 0.212. The molecule has 0 aliphatic carbocycles. The number of benzene rings is 1. The van der Waals surface area contributed by atoms with Crippen molar-refractivity contribution < 1.29 is 8.42 Å². The van der Waals surface area contributed by atoms with Crippen LogP contribution in [0, 0.1) is 5.41 Å². The molecule has 2 aliphatic heterocycles. The normalized spacial score (nSPS) is 16.8. The monoisotopic (exact) mass is 482 g/mol. The fraction of sp³-hybridized carbons (Fsp3) is 0.500. The van der Waals surface area contributed by atoms with Gasteiger partial charge in [-0.05, 0) is 54.6 Å². The van der Waals surface area contributed by atoms with Gasteiger partial charge in [-0.1, -0.05) is 19.9 Å². The second-order valence-corrected chi connectivity index (χ2v) is 13.1. The van der Waals surface area contributed by atoms with Crippen LogP contribution in [-0.2, 0) is 29.2 Å². The summed E-state index contributed by atoms with van der Waals surface area (Å²) in [5, 5.41) is 0.945. The molecule has 1 fully saturated rings. The molecule has 2 aliphatic rings. The Kier molecular flexibility index (Phi) is 5.64. The maximum absolute atomic E-state index is 12.8.